The molecule has 0 fully saturated rings. The van der Waals surface area contributed by atoms with E-state index >= 15 is 0 Å². The van der Waals surface area contributed by atoms with Crippen molar-refractivity contribution < 1.29 is 0 Å². The van der Waals surface area contributed by atoms with Crippen LogP contribution in [-0.2, 0) is 0 Å². The molecule has 0 unspecified atom stereocenters. The van der Waals surface area contributed by atoms with Crippen LogP contribution in [0.3, 0.4) is 0 Å². The molecule has 0 N–H and O–H groups in total. The summed E-state index contributed by atoms with van der Waals surface area (Å²) in [5.74, 6) is 3.47. The summed E-state index contributed by atoms with van der Waals surface area (Å²) in [6, 6.07) is 121. The first-order valence-corrected chi connectivity index (χ1v) is 36.4. The van der Waals surface area contributed by atoms with E-state index in [1.807, 2.05) is 43.0 Å². The summed E-state index contributed by atoms with van der Waals surface area (Å²) in [5.41, 5.74) is 16.3. The maximum absolute atomic E-state index is 5.55. The number of rotatable bonds is 11. The van der Waals surface area contributed by atoms with E-state index < -0.39 is 0 Å². The van der Waals surface area contributed by atoms with Crippen molar-refractivity contribution in [2.24, 2.45) is 0 Å². The summed E-state index contributed by atoms with van der Waals surface area (Å²) in [7, 11) is 0. The Bertz CT molecular complexity index is 7240. The predicted molar refractivity (Wildman–Crippen MR) is 446 cm³/mol. The van der Waals surface area contributed by atoms with E-state index in [0.29, 0.717) is 34.9 Å². The van der Waals surface area contributed by atoms with Crippen molar-refractivity contribution in [3.05, 3.63) is 365 Å². The summed E-state index contributed by atoms with van der Waals surface area (Å²) in [5, 5.41) is 19.9. The van der Waals surface area contributed by atoms with Gasteiger partial charge in [-0.3, -0.25) is 9.97 Å². The number of pyridine rings is 2. The van der Waals surface area contributed by atoms with Crippen LogP contribution in [-0.4, -0.2) is 39.9 Å². The summed E-state index contributed by atoms with van der Waals surface area (Å²) in [6.45, 7) is 0. The van der Waals surface area contributed by atoms with Gasteiger partial charge in [-0.25, -0.2) is 29.9 Å². The largest absolute Gasteiger partial charge is 0.264 e. The van der Waals surface area contributed by atoms with Crippen LogP contribution >= 0.6 is 0 Å². The highest BCUT2D eigenvalue weighted by Gasteiger charge is 2.24. The smallest absolute Gasteiger partial charge is 0.164 e. The van der Waals surface area contributed by atoms with Crippen LogP contribution in [0.5, 0.6) is 0 Å². The van der Waals surface area contributed by atoms with Crippen LogP contribution in [0.15, 0.2) is 365 Å². The molecule has 4 aromatic heterocycles. The minimum atomic E-state index is 0.572. The Morgan fingerprint density at radius 3 is 1.40 bits per heavy atom. The van der Waals surface area contributed by atoms with E-state index in [1.165, 1.54) is 27.1 Å². The highest BCUT2D eigenvalue weighted by atomic mass is 15.0. The number of benzene rings is 17. The van der Waals surface area contributed by atoms with Crippen molar-refractivity contribution in [3.8, 4) is 124 Å². The third kappa shape index (κ3) is 10.8. The zero-order valence-corrected chi connectivity index (χ0v) is 58.2. The van der Waals surface area contributed by atoms with Crippen molar-refractivity contribution >= 4 is 97.0 Å². The predicted octanol–water partition coefficient (Wildman–Crippen LogP) is 25.6. The lowest BCUT2D eigenvalue weighted by Crippen LogP contribution is -2.02. The van der Waals surface area contributed by atoms with Crippen molar-refractivity contribution in [2.75, 3.05) is 0 Å². The van der Waals surface area contributed by atoms with Gasteiger partial charge in [0.25, 0.3) is 0 Å². The van der Waals surface area contributed by atoms with Crippen LogP contribution in [0.1, 0.15) is 0 Å². The van der Waals surface area contributed by atoms with Crippen LogP contribution in [0, 0.1) is 0 Å². The number of hydrogen-bond donors (Lipinski definition) is 0. The van der Waals surface area contributed by atoms with Crippen LogP contribution in [0.2, 0.25) is 0 Å². The van der Waals surface area contributed by atoms with Crippen molar-refractivity contribution in [2.45, 2.75) is 0 Å². The van der Waals surface area contributed by atoms with E-state index in [2.05, 4.69) is 327 Å². The van der Waals surface area contributed by atoms with Gasteiger partial charge in [0.2, 0.25) is 0 Å². The fraction of sp³-hybridized carbons (Fsp3) is 0. The van der Waals surface area contributed by atoms with Crippen molar-refractivity contribution in [3.63, 3.8) is 0 Å². The lowest BCUT2D eigenvalue weighted by Gasteiger charge is -2.16. The molecule has 0 saturated heterocycles. The van der Waals surface area contributed by atoms with Crippen LogP contribution in [0.4, 0.5) is 0 Å². The fourth-order valence-electron chi connectivity index (χ4n) is 16.2. The zero-order valence-electron chi connectivity index (χ0n) is 58.2. The summed E-state index contributed by atoms with van der Waals surface area (Å²) in [6.07, 6.45) is 7.65. The minimum Gasteiger partial charge on any atom is -0.264 e. The van der Waals surface area contributed by atoms with Crippen molar-refractivity contribution in [1.82, 2.24) is 39.9 Å². The second kappa shape index (κ2) is 25.7. The van der Waals surface area contributed by atoms with Gasteiger partial charge in [0.1, 0.15) is 0 Å². The highest BCUT2D eigenvalue weighted by molar-refractivity contribution is 6.24. The minimum absolute atomic E-state index is 0.572. The van der Waals surface area contributed by atoms with Crippen LogP contribution < -0.4 is 0 Å². The molecule has 0 atom stereocenters. The molecule has 17 aromatic carbocycles. The molecule has 0 aliphatic carbocycles. The van der Waals surface area contributed by atoms with Gasteiger partial charge >= 0.3 is 0 Å². The van der Waals surface area contributed by atoms with Gasteiger partial charge in [-0.15, -0.1) is 0 Å². The summed E-state index contributed by atoms with van der Waals surface area (Å²) >= 11 is 0. The zero-order chi connectivity index (χ0) is 71.2. The SMILES string of the molecule is c1ccc(-c2nc(-c3ccc(-c4ccc5ccccc5c4)c(-c4ccccc4)c3)nc(-c3cc4ccc(-c5ccc6c(-c7ccccc7-c7nc(-c8ccc(-c9cccc%10ccccc9%10)cc8)nc(-c8cc9c%10cnccc%10ccc9c9ccccc89)n7)cccc6c5)cc4c4ccc5ccncc5c34)n2)cc1. The molecule has 4 heterocycles. The third-order valence-electron chi connectivity index (χ3n) is 21.5. The Morgan fingerprint density at radius 2 is 0.602 bits per heavy atom. The first-order valence-electron chi connectivity index (χ1n) is 36.4. The number of nitrogens with zero attached hydrogens (tertiary/aromatic N) is 8. The lowest BCUT2D eigenvalue weighted by molar-refractivity contribution is 1.08. The monoisotopic (exact) mass is 1370 g/mol. The van der Waals surface area contributed by atoms with Crippen molar-refractivity contribution in [1.29, 1.82) is 0 Å². The summed E-state index contributed by atoms with van der Waals surface area (Å²) < 4.78 is 0. The van der Waals surface area contributed by atoms with E-state index in [1.54, 1.807) is 0 Å². The van der Waals surface area contributed by atoms with E-state index in [4.69, 9.17) is 34.9 Å². The molecule has 0 aliphatic rings. The average molecular weight is 1370 g/mol. The maximum Gasteiger partial charge on any atom is 0.164 e. The molecule has 0 aliphatic heterocycles. The highest BCUT2D eigenvalue weighted by Crippen LogP contribution is 2.45. The number of aromatic nitrogens is 8. The standard InChI is InChI=1S/C100H60N8/c1-3-18-63(19-4-1)87-57-75(44-46-79(87)73-39-33-61-17-7-8-23-69(61)53-73)97-103-95(67-21-5-2-6-22-67)106-100(107-97)91-56-74-40-38-71(55-88(74)85-48-42-66-50-52-102-60-93(66)94(85)91)70-43-45-78-72(54-70)25-16-32-80(78)82-28-13-14-30-86(82)98-104-96(68-36-34-64(35-37-68)77-31-15-24-62-20-9-10-26-76(62)77)105-99(108-98)90-58-89-84(81-27-11-12-29-83(81)90)47-41-65-49-51-101-59-92(65)89/h1-60H. The van der Waals surface area contributed by atoms with E-state index in [0.717, 1.165) is 159 Å². The average Bonchev–Trinajstić information content (AvgIpc) is 0.732. The first-order chi connectivity index (χ1) is 53.5. The molecule has 0 amide bonds. The fourth-order valence-corrected chi connectivity index (χ4v) is 16.2. The lowest BCUT2D eigenvalue weighted by atomic mass is 9.90. The van der Waals surface area contributed by atoms with E-state index in [-0.39, 0.29) is 0 Å². The summed E-state index contributed by atoms with van der Waals surface area (Å²) in [4.78, 5) is 42.1. The molecule has 8 nitrogen and oxygen atoms in total. The first kappa shape index (κ1) is 62.0. The quantitative estimate of drug-likeness (QED) is 0.118. The number of fused-ring (bicyclic) bond motifs is 13. The molecular weight excluding hydrogens is 1310 g/mol. The van der Waals surface area contributed by atoms with Gasteiger partial charge in [0, 0.05) is 74.3 Å². The Morgan fingerprint density at radius 1 is 0.148 bits per heavy atom. The molecule has 500 valence electrons. The topological polar surface area (TPSA) is 103 Å². The molecular formula is C100H60N8. The van der Waals surface area contributed by atoms with Gasteiger partial charge in [0.05, 0.1) is 0 Å². The van der Waals surface area contributed by atoms with Gasteiger partial charge in [-0.2, -0.15) is 0 Å². The Hall–Kier alpha value is -14.6. The van der Waals surface area contributed by atoms with Gasteiger partial charge in [0.15, 0.2) is 34.9 Å². The molecule has 8 heteroatoms. The molecule has 0 bridgehead atoms. The third-order valence-corrected chi connectivity index (χ3v) is 21.5. The Balaban J connectivity index is 0.686. The second-order valence-electron chi connectivity index (χ2n) is 27.7. The Kier molecular flexibility index (Phi) is 14.7. The van der Waals surface area contributed by atoms with Crippen LogP contribution in [0.25, 0.3) is 221 Å². The normalized spacial score (nSPS) is 11.7. The van der Waals surface area contributed by atoms with Gasteiger partial charge in [-0.1, -0.05) is 291 Å². The molecule has 0 spiro atoms. The second-order valence-corrected chi connectivity index (χ2v) is 27.7. The number of hydrogen-bond acceptors (Lipinski definition) is 8. The van der Waals surface area contributed by atoms with E-state index in [9.17, 15) is 0 Å². The molecule has 108 heavy (non-hydrogen) atoms. The van der Waals surface area contributed by atoms with Gasteiger partial charge < -0.3 is 0 Å². The molecule has 21 aromatic rings. The molecule has 21 rings (SSSR count). The Labute approximate surface area is 621 Å². The van der Waals surface area contributed by atoms with Gasteiger partial charge in [-0.05, 0) is 185 Å². The molecule has 0 saturated carbocycles. The molecule has 0 radical (unpaired) electrons. The maximum atomic E-state index is 5.55.